The van der Waals surface area contributed by atoms with Crippen molar-refractivity contribution in [2.24, 2.45) is 0 Å². The summed E-state index contributed by atoms with van der Waals surface area (Å²) in [6, 6.07) is 12.2. The van der Waals surface area contributed by atoms with Crippen LogP contribution in [0.2, 0.25) is 0 Å². The fourth-order valence-electron chi connectivity index (χ4n) is 4.94. The first-order valence-electron chi connectivity index (χ1n) is 11.9. The highest BCUT2D eigenvalue weighted by Gasteiger charge is 2.66. The number of nitrogens with zero attached hydrogens (tertiary/aromatic N) is 4. The molecule has 4 rings (SSSR count). The third-order valence-corrected chi connectivity index (χ3v) is 8.59. The maximum Gasteiger partial charge on any atom is 0.296 e. The van der Waals surface area contributed by atoms with Crippen molar-refractivity contribution in [2.75, 3.05) is 52.7 Å². The summed E-state index contributed by atoms with van der Waals surface area (Å²) in [6.07, 6.45) is 1.54. The van der Waals surface area contributed by atoms with Crippen molar-refractivity contribution < 1.29 is 27.9 Å². The molecule has 2 amide bonds. The van der Waals surface area contributed by atoms with E-state index in [4.69, 9.17) is 0 Å². The largest absolute Gasteiger partial charge is 0.507 e. The Morgan fingerprint density at radius 2 is 1.74 bits per heavy atom. The van der Waals surface area contributed by atoms with Crippen LogP contribution in [0.5, 0.6) is 0 Å². The van der Waals surface area contributed by atoms with Gasteiger partial charge in [-0.15, -0.1) is 6.58 Å². The van der Waals surface area contributed by atoms with E-state index in [2.05, 4.69) is 6.58 Å². The van der Waals surface area contributed by atoms with Crippen LogP contribution in [0.25, 0.3) is 5.76 Å². The van der Waals surface area contributed by atoms with E-state index in [-0.39, 0.29) is 23.5 Å². The number of carbonyl (C=O) groups excluding carboxylic acids is 3. The number of aliphatic hydroxyl groups excluding tert-OH is 1. The summed E-state index contributed by atoms with van der Waals surface area (Å²) in [5.74, 6) is -3.15. The van der Waals surface area contributed by atoms with Crippen molar-refractivity contribution in [1.29, 1.82) is 0 Å². The van der Waals surface area contributed by atoms with Crippen LogP contribution in [-0.4, -0.2) is 93.1 Å². The maximum absolute atomic E-state index is 14.3. The Morgan fingerprint density at radius 3 is 2.37 bits per heavy atom. The number of hydrogen-bond acceptors (Lipinski definition) is 7. The molecule has 2 heterocycles. The summed E-state index contributed by atoms with van der Waals surface area (Å²) < 4.78 is 26.5. The zero-order valence-corrected chi connectivity index (χ0v) is 22.5. The molecule has 2 aromatic rings. The van der Waals surface area contributed by atoms with Gasteiger partial charge >= 0.3 is 0 Å². The van der Waals surface area contributed by atoms with Crippen molar-refractivity contribution >= 4 is 39.1 Å². The molecule has 0 aromatic heterocycles. The second-order valence-electron chi connectivity index (χ2n) is 9.56. The van der Waals surface area contributed by atoms with Gasteiger partial charge < -0.3 is 19.8 Å². The van der Waals surface area contributed by atoms with Gasteiger partial charge in [-0.05, 0) is 32.3 Å². The summed E-state index contributed by atoms with van der Waals surface area (Å²) in [5.41, 5.74) is -1.47. The van der Waals surface area contributed by atoms with E-state index in [1.54, 1.807) is 38.4 Å². The van der Waals surface area contributed by atoms with E-state index < -0.39 is 44.5 Å². The number of likely N-dealkylation sites (tertiary alicyclic amines) is 1. The third kappa shape index (κ3) is 3.94. The molecule has 10 nitrogen and oxygen atoms in total. The molecule has 2 aliphatic heterocycles. The fourth-order valence-corrected chi connectivity index (χ4v) is 5.88. The van der Waals surface area contributed by atoms with Gasteiger partial charge in [-0.3, -0.25) is 14.4 Å². The average Bonchev–Trinajstić information content (AvgIpc) is 3.25. The van der Waals surface area contributed by atoms with Crippen LogP contribution in [0.1, 0.15) is 11.1 Å². The van der Waals surface area contributed by atoms with Gasteiger partial charge in [-0.25, -0.2) is 12.7 Å². The fraction of sp³-hybridized carbons (Fsp3) is 0.296. The van der Waals surface area contributed by atoms with E-state index >= 15 is 0 Å². The normalized spacial score (nSPS) is 20.7. The molecule has 200 valence electrons. The molecule has 0 bridgehead atoms. The molecular formula is C27H30N4O6S. The summed E-state index contributed by atoms with van der Waals surface area (Å²) in [6.45, 7) is 4.23. The Morgan fingerprint density at radius 1 is 1.05 bits per heavy atom. The highest BCUT2D eigenvalue weighted by Crippen LogP contribution is 2.53. The Kier molecular flexibility index (Phi) is 7.04. The minimum Gasteiger partial charge on any atom is -0.507 e. The molecule has 0 radical (unpaired) electrons. The van der Waals surface area contributed by atoms with Crippen LogP contribution >= 0.6 is 0 Å². The molecule has 1 saturated heterocycles. The first kappa shape index (κ1) is 27.2. The number of para-hydroxylation sites is 1. The molecule has 2 aromatic carbocycles. The van der Waals surface area contributed by atoms with Crippen LogP contribution in [0.4, 0.5) is 5.69 Å². The molecule has 2 aliphatic rings. The number of aliphatic hydroxyl groups is 1. The number of anilines is 1. The van der Waals surface area contributed by atoms with Gasteiger partial charge in [0.2, 0.25) is 10.0 Å². The predicted octanol–water partition coefficient (Wildman–Crippen LogP) is 1.61. The number of carbonyl (C=O) groups is 3. The second kappa shape index (κ2) is 9.82. The van der Waals surface area contributed by atoms with E-state index in [9.17, 15) is 27.9 Å². The Bertz CT molecular complexity index is 1480. The highest BCUT2D eigenvalue weighted by atomic mass is 32.2. The maximum atomic E-state index is 14.3. The van der Waals surface area contributed by atoms with E-state index in [0.29, 0.717) is 17.8 Å². The minimum atomic E-state index is -3.87. The number of amides is 2. The number of hydrogen-bond donors (Lipinski definition) is 1. The first-order chi connectivity index (χ1) is 17.9. The highest BCUT2D eigenvalue weighted by molar-refractivity contribution is 7.89. The van der Waals surface area contributed by atoms with Gasteiger partial charge in [0.25, 0.3) is 17.6 Å². The molecule has 1 fully saturated rings. The molecular weight excluding hydrogens is 508 g/mol. The van der Waals surface area contributed by atoms with Crippen LogP contribution in [0, 0.1) is 0 Å². The molecule has 0 aliphatic carbocycles. The topological polar surface area (TPSA) is 119 Å². The lowest BCUT2D eigenvalue weighted by atomic mass is 9.82. The zero-order valence-electron chi connectivity index (χ0n) is 21.7. The molecule has 38 heavy (non-hydrogen) atoms. The van der Waals surface area contributed by atoms with E-state index in [1.165, 1.54) is 54.2 Å². The Labute approximate surface area is 222 Å². The third-order valence-electron chi connectivity index (χ3n) is 6.78. The summed E-state index contributed by atoms with van der Waals surface area (Å²) in [5, 5.41) is 11.6. The summed E-state index contributed by atoms with van der Waals surface area (Å²) >= 11 is 0. The van der Waals surface area contributed by atoms with E-state index in [0.717, 1.165) is 4.31 Å². The van der Waals surface area contributed by atoms with Gasteiger partial charge in [0.15, 0.2) is 5.54 Å². The number of Topliss-reactive ketones (excluding diaryl/α,β-unsaturated/α-hetero) is 1. The zero-order chi connectivity index (χ0) is 28.0. The van der Waals surface area contributed by atoms with Crippen molar-refractivity contribution in [1.82, 2.24) is 14.1 Å². The van der Waals surface area contributed by atoms with Gasteiger partial charge in [-0.1, -0.05) is 36.4 Å². The summed E-state index contributed by atoms with van der Waals surface area (Å²) in [4.78, 5) is 45.7. The lowest BCUT2D eigenvalue weighted by molar-refractivity contribution is -0.143. The van der Waals surface area contributed by atoms with Crippen molar-refractivity contribution in [3.8, 4) is 0 Å². The predicted molar refractivity (Wildman–Crippen MR) is 143 cm³/mol. The number of rotatable bonds is 8. The van der Waals surface area contributed by atoms with Gasteiger partial charge in [0.05, 0.1) is 16.2 Å². The number of fused-ring (bicyclic) bond motifs is 2. The van der Waals surface area contributed by atoms with Gasteiger partial charge in [0, 0.05) is 44.9 Å². The monoisotopic (exact) mass is 538 g/mol. The van der Waals surface area contributed by atoms with Crippen LogP contribution in [0.15, 0.2) is 71.7 Å². The number of sulfonamides is 1. The van der Waals surface area contributed by atoms with Crippen molar-refractivity contribution in [3.05, 3.63) is 77.9 Å². The number of ketones is 1. The van der Waals surface area contributed by atoms with Crippen LogP contribution in [-0.2, 0) is 29.9 Å². The molecule has 1 N–H and O–H groups in total. The Balaban J connectivity index is 2.05. The number of likely N-dealkylation sites (N-methyl/N-ethyl adjacent to an activating group) is 1. The molecule has 1 unspecified atom stereocenters. The minimum absolute atomic E-state index is 0.00892. The standard InChI is InChI=1S/C27H30N4O6S/c1-6-14-30-21-13-8-7-12-20(21)27(26(30)35)22(24(33)25(34)31(27)16-15-28(2)3)23(32)18-10-9-11-19(17-18)38(36,37)29(4)5/h6-13,17,32H,1,14-16H2,2-5H3. The Hall–Kier alpha value is -3.80. The van der Waals surface area contributed by atoms with Crippen LogP contribution < -0.4 is 4.90 Å². The van der Waals surface area contributed by atoms with Crippen LogP contribution in [0.3, 0.4) is 0 Å². The quantitative estimate of drug-likeness (QED) is 0.235. The lowest BCUT2D eigenvalue weighted by Gasteiger charge is -2.35. The number of benzene rings is 2. The first-order valence-corrected chi connectivity index (χ1v) is 13.3. The van der Waals surface area contributed by atoms with Crippen molar-refractivity contribution in [2.45, 2.75) is 10.4 Å². The molecule has 11 heteroatoms. The smallest absolute Gasteiger partial charge is 0.296 e. The SMILES string of the molecule is C=CCN1C(=O)C2(C(=C(O)c3cccc(S(=O)(=O)N(C)C)c3)C(=O)C(=O)N2CCN(C)C)c2ccccc21. The van der Waals surface area contributed by atoms with Crippen molar-refractivity contribution in [3.63, 3.8) is 0 Å². The second-order valence-corrected chi connectivity index (χ2v) is 11.7. The molecule has 1 atom stereocenters. The molecule has 1 spiro atoms. The summed E-state index contributed by atoms with van der Waals surface area (Å²) in [7, 11) is 2.48. The molecule has 0 saturated carbocycles. The van der Waals surface area contributed by atoms with Gasteiger partial charge in [0.1, 0.15) is 5.76 Å². The van der Waals surface area contributed by atoms with Gasteiger partial charge in [-0.2, -0.15) is 0 Å². The lowest BCUT2D eigenvalue weighted by Crippen LogP contribution is -2.53. The van der Waals surface area contributed by atoms with E-state index in [1.807, 2.05) is 4.90 Å². The average molecular weight is 539 g/mol.